The van der Waals surface area contributed by atoms with Gasteiger partial charge in [-0.25, -0.2) is 0 Å². The highest BCUT2D eigenvalue weighted by atomic mass is 35.5. The largest absolute Gasteiger partial charge is 0.311 e. The fourth-order valence-corrected chi connectivity index (χ4v) is 2.30. The second kappa shape index (κ2) is 5.04. The van der Waals surface area contributed by atoms with Crippen molar-refractivity contribution < 1.29 is 4.79 Å². The Labute approximate surface area is 114 Å². The lowest BCUT2D eigenvalue weighted by atomic mass is 10.2. The number of benzene rings is 1. The van der Waals surface area contributed by atoms with Crippen LogP contribution < -0.4 is 4.90 Å². The number of carbonyl (C=O) groups is 1. The smallest absolute Gasteiger partial charge is 0.271 e. The van der Waals surface area contributed by atoms with Crippen LogP contribution in [0, 0.1) is 13.8 Å². The first-order valence-electron chi connectivity index (χ1n) is 5.34. The Balaban J connectivity index is 2.31. The van der Waals surface area contributed by atoms with Crippen LogP contribution in [-0.2, 0) is 0 Å². The molecule has 0 radical (unpaired) electrons. The van der Waals surface area contributed by atoms with Crippen LogP contribution in [0.15, 0.2) is 18.2 Å². The molecule has 4 nitrogen and oxygen atoms in total. The first kappa shape index (κ1) is 13.0. The van der Waals surface area contributed by atoms with Crippen molar-refractivity contribution in [1.29, 1.82) is 0 Å². The monoisotopic (exact) mass is 281 g/mol. The number of aromatic nitrogens is 2. The van der Waals surface area contributed by atoms with Crippen molar-refractivity contribution in [1.82, 2.24) is 9.59 Å². The highest BCUT2D eigenvalue weighted by Gasteiger charge is 2.19. The Kier molecular flexibility index (Phi) is 3.63. The summed E-state index contributed by atoms with van der Waals surface area (Å²) in [5.74, 6) is -0.123. The fraction of sp³-hybridized carbons (Fsp3) is 0.250. The Morgan fingerprint density at radius 2 is 2.11 bits per heavy atom. The Morgan fingerprint density at radius 3 is 2.67 bits per heavy atom. The summed E-state index contributed by atoms with van der Waals surface area (Å²) in [6.45, 7) is 3.69. The van der Waals surface area contributed by atoms with Crippen molar-refractivity contribution in [2.24, 2.45) is 0 Å². The van der Waals surface area contributed by atoms with E-state index in [4.69, 9.17) is 11.6 Å². The van der Waals surface area contributed by atoms with E-state index in [2.05, 4.69) is 9.59 Å². The van der Waals surface area contributed by atoms with Crippen molar-refractivity contribution in [3.63, 3.8) is 0 Å². The normalized spacial score (nSPS) is 10.4. The van der Waals surface area contributed by atoms with Gasteiger partial charge in [-0.15, -0.1) is 5.10 Å². The predicted octanol–water partition coefficient (Wildman–Crippen LogP) is 3.08. The zero-order valence-electron chi connectivity index (χ0n) is 10.3. The van der Waals surface area contributed by atoms with Gasteiger partial charge < -0.3 is 4.90 Å². The highest BCUT2D eigenvalue weighted by Crippen LogP contribution is 2.24. The zero-order valence-corrected chi connectivity index (χ0v) is 11.8. The van der Waals surface area contributed by atoms with Gasteiger partial charge in [0, 0.05) is 17.8 Å². The minimum Gasteiger partial charge on any atom is -0.311 e. The molecule has 2 rings (SSSR count). The summed E-state index contributed by atoms with van der Waals surface area (Å²) in [5.41, 5.74) is 2.38. The van der Waals surface area contributed by atoms with Gasteiger partial charge in [-0.3, -0.25) is 4.79 Å². The number of rotatable bonds is 2. The number of carbonyl (C=O) groups excluding carboxylic acids is 1. The summed E-state index contributed by atoms with van der Waals surface area (Å²) in [7, 11) is 1.71. The molecule has 0 saturated heterocycles. The molecule has 0 spiro atoms. The third-order valence-corrected chi connectivity index (χ3v) is 3.92. The number of nitrogens with zero attached hydrogens (tertiary/aromatic N) is 3. The molecule has 0 unspecified atom stereocenters. The van der Waals surface area contributed by atoms with E-state index in [9.17, 15) is 4.79 Å². The molecule has 0 aliphatic heterocycles. The third kappa shape index (κ3) is 2.37. The number of anilines is 1. The summed E-state index contributed by atoms with van der Waals surface area (Å²) >= 11 is 7.16. The summed E-state index contributed by atoms with van der Waals surface area (Å²) in [4.78, 5) is 14.3. The molecule has 1 aromatic heterocycles. The van der Waals surface area contributed by atoms with Crippen LogP contribution in [0.1, 0.15) is 20.9 Å². The van der Waals surface area contributed by atoms with Gasteiger partial charge >= 0.3 is 0 Å². The standard InChI is InChI=1S/C12H12ClN3OS/c1-7-4-5-9(6-10(7)13)16(3)12(17)11-8(2)14-15-18-11/h4-6H,1-3H3. The van der Waals surface area contributed by atoms with E-state index >= 15 is 0 Å². The lowest BCUT2D eigenvalue weighted by Crippen LogP contribution is -2.26. The Hall–Kier alpha value is -1.46. The fourth-order valence-electron chi connectivity index (χ4n) is 1.49. The Bertz CT molecular complexity index is 597. The predicted molar refractivity (Wildman–Crippen MR) is 73.6 cm³/mol. The lowest BCUT2D eigenvalue weighted by Gasteiger charge is -2.17. The maximum atomic E-state index is 12.2. The van der Waals surface area contributed by atoms with E-state index in [0.29, 0.717) is 15.6 Å². The van der Waals surface area contributed by atoms with Crippen molar-refractivity contribution in [3.8, 4) is 0 Å². The van der Waals surface area contributed by atoms with Crippen molar-refractivity contribution in [2.45, 2.75) is 13.8 Å². The maximum absolute atomic E-state index is 12.2. The number of amides is 1. The summed E-state index contributed by atoms with van der Waals surface area (Å²) in [6.07, 6.45) is 0. The second-order valence-electron chi connectivity index (χ2n) is 3.99. The summed E-state index contributed by atoms with van der Waals surface area (Å²) < 4.78 is 3.77. The van der Waals surface area contributed by atoms with Crippen LogP contribution in [0.25, 0.3) is 0 Å². The molecule has 0 bridgehead atoms. The molecule has 0 N–H and O–H groups in total. The highest BCUT2D eigenvalue weighted by molar-refractivity contribution is 7.08. The van der Waals surface area contributed by atoms with Gasteiger partial charge in [0.2, 0.25) is 0 Å². The second-order valence-corrected chi connectivity index (χ2v) is 5.15. The molecule has 1 heterocycles. The molecular weight excluding hydrogens is 270 g/mol. The number of hydrogen-bond acceptors (Lipinski definition) is 4. The van der Waals surface area contributed by atoms with Crippen LogP contribution in [0.5, 0.6) is 0 Å². The van der Waals surface area contributed by atoms with Gasteiger partial charge in [0.05, 0.1) is 5.69 Å². The van der Waals surface area contributed by atoms with E-state index in [-0.39, 0.29) is 5.91 Å². The van der Waals surface area contributed by atoms with E-state index in [0.717, 1.165) is 22.8 Å². The molecule has 18 heavy (non-hydrogen) atoms. The minimum absolute atomic E-state index is 0.123. The minimum atomic E-state index is -0.123. The van der Waals surface area contributed by atoms with Gasteiger partial charge in [-0.2, -0.15) is 0 Å². The van der Waals surface area contributed by atoms with E-state index in [1.54, 1.807) is 24.9 Å². The summed E-state index contributed by atoms with van der Waals surface area (Å²) in [5, 5.41) is 4.49. The van der Waals surface area contributed by atoms with Gasteiger partial charge in [-0.1, -0.05) is 22.2 Å². The van der Waals surface area contributed by atoms with Crippen LogP contribution in [0.4, 0.5) is 5.69 Å². The van der Waals surface area contributed by atoms with Crippen molar-refractivity contribution in [2.75, 3.05) is 11.9 Å². The molecule has 1 amide bonds. The van der Waals surface area contributed by atoms with Crippen LogP contribution in [-0.4, -0.2) is 22.5 Å². The SMILES string of the molecule is Cc1ccc(N(C)C(=O)c2snnc2C)cc1Cl. The van der Waals surface area contributed by atoms with Gasteiger partial charge in [-0.05, 0) is 43.1 Å². The number of halogens is 1. The van der Waals surface area contributed by atoms with Gasteiger partial charge in [0.25, 0.3) is 5.91 Å². The van der Waals surface area contributed by atoms with Crippen LogP contribution in [0.3, 0.4) is 0 Å². The molecule has 0 saturated carbocycles. The molecule has 0 fully saturated rings. The first-order valence-corrected chi connectivity index (χ1v) is 6.49. The number of aryl methyl sites for hydroxylation is 2. The maximum Gasteiger partial charge on any atom is 0.271 e. The average molecular weight is 282 g/mol. The van der Waals surface area contributed by atoms with E-state index in [1.165, 1.54) is 0 Å². The zero-order chi connectivity index (χ0) is 13.3. The molecular formula is C12H12ClN3OS. The van der Waals surface area contributed by atoms with E-state index < -0.39 is 0 Å². The molecule has 1 aromatic carbocycles. The van der Waals surface area contributed by atoms with Crippen molar-refractivity contribution >= 4 is 34.7 Å². The molecule has 0 aliphatic rings. The van der Waals surface area contributed by atoms with Crippen LogP contribution >= 0.6 is 23.1 Å². The van der Waals surface area contributed by atoms with Crippen molar-refractivity contribution in [3.05, 3.63) is 39.4 Å². The molecule has 2 aromatic rings. The Morgan fingerprint density at radius 1 is 1.39 bits per heavy atom. The van der Waals surface area contributed by atoms with Crippen LogP contribution in [0.2, 0.25) is 5.02 Å². The average Bonchev–Trinajstić information content (AvgIpc) is 2.77. The lowest BCUT2D eigenvalue weighted by molar-refractivity contribution is 0.0996. The summed E-state index contributed by atoms with van der Waals surface area (Å²) in [6, 6.07) is 5.53. The molecule has 94 valence electrons. The topological polar surface area (TPSA) is 46.1 Å². The van der Waals surface area contributed by atoms with Gasteiger partial charge in [0.15, 0.2) is 0 Å². The van der Waals surface area contributed by atoms with E-state index in [1.807, 2.05) is 19.1 Å². The van der Waals surface area contributed by atoms with Gasteiger partial charge in [0.1, 0.15) is 4.88 Å². The molecule has 6 heteroatoms. The number of hydrogen-bond donors (Lipinski definition) is 0. The third-order valence-electron chi connectivity index (χ3n) is 2.69. The molecule has 0 aliphatic carbocycles. The first-order chi connectivity index (χ1) is 8.50. The quantitative estimate of drug-likeness (QED) is 0.850. The molecule has 0 atom stereocenters.